The highest BCUT2D eigenvalue weighted by molar-refractivity contribution is 5.96. The van der Waals surface area contributed by atoms with Crippen molar-refractivity contribution in [1.29, 1.82) is 0 Å². The van der Waals surface area contributed by atoms with Crippen molar-refractivity contribution in [2.24, 2.45) is 0 Å². The Morgan fingerprint density at radius 3 is 2.35 bits per heavy atom. The number of unbranched alkanes of at least 4 members (excludes halogenated alkanes) is 2. The van der Waals surface area contributed by atoms with Gasteiger partial charge in [0.05, 0.1) is 0 Å². The quantitative estimate of drug-likeness (QED) is 0.608. The summed E-state index contributed by atoms with van der Waals surface area (Å²) in [5.74, 6) is -1.80. The molecule has 126 valence electrons. The molecule has 0 saturated heterocycles. The first-order valence-electron chi connectivity index (χ1n) is 7.45. The normalized spacial score (nSPS) is 11.6. The number of amides is 2. The zero-order chi connectivity index (χ0) is 17.2. The minimum atomic E-state index is -1.60. The van der Waals surface area contributed by atoms with Gasteiger partial charge in [-0.1, -0.05) is 6.42 Å². The maximum absolute atomic E-state index is 12.8. The Bertz CT molecular complexity index is 544. The molecule has 0 aromatic heterocycles. The molecular weight excluding hydrogens is 303 g/mol. The molecule has 1 rings (SSSR count). The molecule has 1 unspecified atom stereocenters. The number of carboxylic acid groups (broad SMARTS) is 1. The number of hydrogen-bond acceptors (Lipinski definition) is 3. The van der Waals surface area contributed by atoms with Gasteiger partial charge in [-0.3, -0.25) is 14.4 Å². The van der Waals surface area contributed by atoms with Crippen LogP contribution in [-0.4, -0.2) is 35.6 Å². The Morgan fingerprint density at radius 1 is 1.13 bits per heavy atom. The van der Waals surface area contributed by atoms with Crippen LogP contribution in [0.25, 0.3) is 0 Å². The van der Waals surface area contributed by atoms with E-state index in [1.165, 1.54) is 24.3 Å². The van der Waals surface area contributed by atoms with Crippen LogP contribution < -0.4 is 10.6 Å². The van der Waals surface area contributed by atoms with Gasteiger partial charge in [-0.25, -0.2) is 4.39 Å². The van der Waals surface area contributed by atoms with Crippen molar-refractivity contribution in [3.05, 3.63) is 29.8 Å². The first-order valence-corrected chi connectivity index (χ1v) is 7.45. The van der Waals surface area contributed by atoms with Crippen LogP contribution in [0.4, 0.5) is 10.1 Å². The average Bonchev–Trinajstić information content (AvgIpc) is 2.50. The predicted molar refractivity (Wildman–Crippen MR) is 84.1 cm³/mol. The number of anilines is 1. The van der Waals surface area contributed by atoms with E-state index in [0.717, 1.165) is 13.3 Å². The van der Waals surface area contributed by atoms with Crippen LogP contribution in [0, 0.1) is 0 Å². The Morgan fingerprint density at radius 2 is 1.78 bits per heavy atom. The lowest BCUT2D eigenvalue weighted by atomic mass is 10.1. The summed E-state index contributed by atoms with van der Waals surface area (Å²) in [6.45, 7) is 1.61. The number of alkyl halides is 1. The van der Waals surface area contributed by atoms with Gasteiger partial charge in [0, 0.05) is 24.2 Å². The molecule has 0 fully saturated rings. The Balaban J connectivity index is 2.34. The summed E-state index contributed by atoms with van der Waals surface area (Å²) < 4.78 is 12.8. The number of aliphatic carboxylic acids is 1. The van der Waals surface area contributed by atoms with Crippen molar-refractivity contribution in [1.82, 2.24) is 5.32 Å². The van der Waals surface area contributed by atoms with Crippen molar-refractivity contribution in [2.75, 3.05) is 11.9 Å². The number of carboxylic acids is 1. The van der Waals surface area contributed by atoms with Crippen LogP contribution in [0.3, 0.4) is 0 Å². The summed E-state index contributed by atoms with van der Waals surface area (Å²) >= 11 is 0. The third kappa shape index (κ3) is 7.39. The fourth-order valence-corrected chi connectivity index (χ4v) is 1.83. The lowest BCUT2D eigenvalue weighted by Crippen LogP contribution is -2.24. The number of halogens is 1. The van der Waals surface area contributed by atoms with Gasteiger partial charge >= 0.3 is 5.97 Å². The van der Waals surface area contributed by atoms with Crippen molar-refractivity contribution in [3.63, 3.8) is 0 Å². The standard InChI is InChI=1S/C16H21FN2O4/c1-11(17)15(22)19-13-8-6-12(7-9-13)16(23)18-10-4-2-3-5-14(20)21/h6-9,11H,2-5,10H2,1H3,(H,18,23)(H,19,22)(H,20,21). The first kappa shape index (κ1) is 18.6. The molecule has 1 aromatic carbocycles. The molecule has 0 bridgehead atoms. The van der Waals surface area contributed by atoms with E-state index >= 15 is 0 Å². The van der Waals surface area contributed by atoms with E-state index in [9.17, 15) is 18.8 Å². The topological polar surface area (TPSA) is 95.5 Å². The molecule has 0 aliphatic carbocycles. The molecule has 2 amide bonds. The Kier molecular flexibility index (Phi) is 7.73. The lowest BCUT2D eigenvalue weighted by Gasteiger charge is -2.08. The minimum absolute atomic E-state index is 0.138. The van der Waals surface area contributed by atoms with Gasteiger partial charge in [-0.2, -0.15) is 0 Å². The van der Waals surface area contributed by atoms with Gasteiger partial charge in [-0.05, 0) is 44.0 Å². The number of benzene rings is 1. The second-order valence-electron chi connectivity index (χ2n) is 5.14. The first-order chi connectivity index (χ1) is 10.9. The largest absolute Gasteiger partial charge is 0.481 e. The summed E-state index contributed by atoms with van der Waals surface area (Å²) in [5, 5.41) is 13.6. The summed E-state index contributed by atoms with van der Waals surface area (Å²) in [6, 6.07) is 6.14. The lowest BCUT2D eigenvalue weighted by molar-refractivity contribution is -0.137. The molecule has 0 saturated carbocycles. The van der Waals surface area contributed by atoms with E-state index in [4.69, 9.17) is 5.11 Å². The minimum Gasteiger partial charge on any atom is -0.481 e. The van der Waals surface area contributed by atoms with E-state index in [1.807, 2.05) is 0 Å². The SMILES string of the molecule is CC(F)C(=O)Nc1ccc(C(=O)NCCCCCC(=O)O)cc1. The Labute approximate surface area is 134 Å². The summed E-state index contributed by atoms with van der Waals surface area (Å²) in [5.41, 5.74) is 0.853. The molecule has 0 spiro atoms. The Hall–Kier alpha value is -2.44. The number of hydrogen-bond donors (Lipinski definition) is 3. The van der Waals surface area contributed by atoms with Crippen LogP contribution in [0.5, 0.6) is 0 Å². The smallest absolute Gasteiger partial charge is 0.303 e. The zero-order valence-electron chi connectivity index (χ0n) is 13.0. The van der Waals surface area contributed by atoms with E-state index in [0.29, 0.717) is 30.6 Å². The van der Waals surface area contributed by atoms with Crippen LogP contribution >= 0.6 is 0 Å². The van der Waals surface area contributed by atoms with Crippen LogP contribution in [0.15, 0.2) is 24.3 Å². The van der Waals surface area contributed by atoms with Gasteiger partial charge in [0.2, 0.25) is 0 Å². The van der Waals surface area contributed by atoms with Crippen molar-refractivity contribution in [3.8, 4) is 0 Å². The molecule has 0 heterocycles. The third-order valence-corrected chi connectivity index (χ3v) is 3.13. The van der Waals surface area contributed by atoms with Gasteiger partial charge in [-0.15, -0.1) is 0 Å². The van der Waals surface area contributed by atoms with Crippen LogP contribution in [0.1, 0.15) is 43.0 Å². The molecule has 0 aliphatic heterocycles. The highest BCUT2D eigenvalue weighted by Gasteiger charge is 2.11. The summed E-state index contributed by atoms with van der Waals surface area (Å²) in [6.07, 6.45) is 0.574. The molecular formula is C16H21FN2O4. The second kappa shape index (κ2) is 9.55. The van der Waals surface area contributed by atoms with Gasteiger partial charge in [0.25, 0.3) is 11.8 Å². The highest BCUT2D eigenvalue weighted by Crippen LogP contribution is 2.10. The molecule has 6 nitrogen and oxygen atoms in total. The third-order valence-electron chi connectivity index (χ3n) is 3.13. The van der Waals surface area contributed by atoms with Gasteiger partial charge in [0.1, 0.15) is 0 Å². The fraction of sp³-hybridized carbons (Fsp3) is 0.438. The van der Waals surface area contributed by atoms with Crippen LogP contribution in [0.2, 0.25) is 0 Å². The van der Waals surface area contributed by atoms with Crippen molar-refractivity contribution < 1.29 is 23.9 Å². The molecule has 23 heavy (non-hydrogen) atoms. The second-order valence-corrected chi connectivity index (χ2v) is 5.14. The van der Waals surface area contributed by atoms with E-state index in [1.54, 1.807) is 0 Å². The number of rotatable bonds is 9. The molecule has 0 radical (unpaired) electrons. The van der Waals surface area contributed by atoms with E-state index in [-0.39, 0.29) is 12.3 Å². The van der Waals surface area contributed by atoms with Crippen molar-refractivity contribution in [2.45, 2.75) is 38.8 Å². The number of nitrogens with one attached hydrogen (secondary N) is 2. The number of carbonyl (C=O) groups excluding carboxylic acids is 2. The number of carbonyl (C=O) groups is 3. The fourth-order valence-electron chi connectivity index (χ4n) is 1.83. The van der Waals surface area contributed by atoms with E-state index < -0.39 is 18.0 Å². The molecule has 1 aromatic rings. The van der Waals surface area contributed by atoms with Gasteiger partial charge in [0.15, 0.2) is 6.17 Å². The maximum Gasteiger partial charge on any atom is 0.303 e. The van der Waals surface area contributed by atoms with Crippen LogP contribution in [-0.2, 0) is 9.59 Å². The monoisotopic (exact) mass is 324 g/mol. The zero-order valence-corrected chi connectivity index (χ0v) is 13.0. The average molecular weight is 324 g/mol. The van der Waals surface area contributed by atoms with E-state index in [2.05, 4.69) is 10.6 Å². The van der Waals surface area contributed by atoms with Crippen molar-refractivity contribution >= 4 is 23.5 Å². The predicted octanol–water partition coefficient (Wildman–Crippen LogP) is 2.36. The molecule has 0 aliphatic rings. The molecule has 7 heteroatoms. The summed E-state index contributed by atoms with van der Waals surface area (Å²) in [4.78, 5) is 33.4. The summed E-state index contributed by atoms with van der Waals surface area (Å²) in [7, 11) is 0. The molecule has 1 atom stereocenters. The van der Waals surface area contributed by atoms with Gasteiger partial charge < -0.3 is 15.7 Å². The highest BCUT2D eigenvalue weighted by atomic mass is 19.1. The molecule has 3 N–H and O–H groups in total. The maximum atomic E-state index is 12.8.